The number of hydrogen-bond donors (Lipinski definition) is 2. The molecular weight excluding hydrogens is 114 g/mol. The van der Waals surface area contributed by atoms with Crippen LogP contribution in [0.25, 0.3) is 0 Å². The van der Waals surface area contributed by atoms with Crippen LogP contribution in [0.15, 0.2) is 0 Å². The summed E-state index contributed by atoms with van der Waals surface area (Å²) in [6, 6.07) is 0. The Bertz CT molecular complexity index is 426. The molecule has 0 aliphatic carbocycles. The van der Waals surface area contributed by atoms with Gasteiger partial charge in [0.25, 0.3) is 0 Å². The van der Waals surface area contributed by atoms with Crippen molar-refractivity contribution < 1.29 is 22.9 Å². The molecule has 1 aliphatic rings. The summed E-state index contributed by atoms with van der Waals surface area (Å²) in [5.74, 6) is -7.61. The van der Waals surface area contributed by atoms with E-state index in [-0.39, 0.29) is 0 Å². The van der Waals surface area contributed by atoms with Crippen molar-refractivity contribution >= 4 is 0 Å². The first kappa shape index (κ1) is 1.16. The van der Waals surface area contributed by atoms with Crippen LogP contribution in [0.4, 0.5) is 0 Å². The van der Waals surface area contributed by atoms with Crippen LogP contribution in [-0.2, 0) is 0 Å². The predicted molar refractivity (Wildman–Crippen MR) is 37.0 cm³/mol. The van der Waals surface area contributed by atoms with Gasteiger partial charge in [0.2, 0.25) is 0 Å². The van der Waals surface area contributed by atoms with Gasteiger partial charge in [0, 0.05) is 22.9 Å². The molecule has 0 radical (unpaired) electrons. The van der Waals surface area contributed by atoms with E-state index in [0.29, 0.717) is 0 Å². The Labute approximate surface area is 74.5 Å². The Morgan fingerprint density at radius 1 is 1.89 bits per heavy atom. The molecule has 1 fully saturated rings. The molecule has 2 heteroatoms. The Kier molecular flexibility index (Phi) is 0.345. The molecule has 3 unspecified atom stereocenters. The first-order chi connectivity index (χ1) is 9.21. The van der Waals surface area contributed by atoms with Crippen LogP contribution >= 0.6 is 0 Å². The summed E-state index contributed by atoms with van der Waals surface area (Å²) in [6.45, 7) is -10.9. The van der Waals surface area contributed by atoms with Crippen LogP contribution in [-0.4, -0.2) is 17.8 Å². The molecule has 1 rings (SSSR count). The van der Waals surface area contributed by atoms with Gasteiger partial charge in [0.05, 0.1) is 1.37 Å². The zero-order chi connectivity index (χ0) is 18.2. The molecule has 3 atom stereocenters. The number of rotatable bonds is 0. The van der Waals surface area contributed by atoms with Crippen LogP contribution in [0.3, 0.4) is 0 Å². The Morgan fingerprint density at radius 3 is 3.44 bits per heavy atom. The van der Waals surface area contributed by atoms with Crippen LogP contribution in [0, 0.1) is 11.8 Å². The van der Waals surface area contributed by atoms with E-state index in [0.717, 1.165) is 0 Å². The summed E-state index contributed by atoms with van der Waals surface area (Å²) in [6.07, 6.45) is -7.65. The fourth-order valence-electron chi connectivity index (χ4n) is 0.400. The fraction of sp³-hybridized carbons (Fsp3) is 1.00. The third kappa shape index (κ3) is 1.66. The summed E-state index contributed by atoms with van der Waals surface area (Å²) in [4.78, 5) is 0. The molecule has 0 aromatic carbocycles. The highest BCUT2D eigenvalue weighted by molar-refractivity contribution is 4.73. The van der Waals surface area contributed by atoms with Crippen LogP contribution in [0.5, 0.6) is 0 Å². The molecule has 54 valence electrons. The maximum Gasteiger partial charge on any atom is 0.107 e. The molecule has 1 saturated heterocycles. The largest absolute Gasteiger partial charge is 0.378 e. The minimum atomic E-state index is -3.94. The van der Waals surface area contributed by atoms with Crippen molar-refractivity contribution in [2.45, 2.75) is 26.3 Å². The number of piperidine rings is 1. The van der Waals surface area contributed by atoms with Crippen molar-refractivity contribution in [1.82, 2.24) is 5.32 Å². The summed E-state index contributed by atoms with van der Waals surface area (Å²) in [5, 5.41) is 11.2. The monoisotopic (exact) mass is 142 g/mol. The third-order valence-electron chi connectivity index (χ3n) is 0.793. The third-order valence-corrected chi connectivity index (χ3v) is 0.793. The average Bonchev–Trinajstić information content (AvgIpc) is 2.19. The van der Waals surface area contributed by atoms with E-state index in [1.54, 1.807) is 0 Å². The van der Waals surface area contributed by atoms with Crippen molar-refractivity contribution in [1.29, 1.82) is 0 Å². The number of hydrogen-bond acceptors (Lipinski definition) is 2. The smallest absolute Gasteiger partial charge is 0.107 e. The Balaban J connectivity index is 3.87. The molecule has 1 aliphatic heterocycles. The lowest BCUT2D eigenvalue weighted by molar-refractivity contribution is 0.0422. The number of aliphatic hydroxyl groups is 1. The van der Waals surface area contributed by atoms with Crippen molar-refractivity contribution in [3.63, 3.8) is 0 Å². The normalized spacial score (nSPS) is 105. The molecule has 0 saturated carbocycles. The Hall–Kier alpha value is -0.0800. The van der Waals surface area contributed by atoms with Gasteiger partial charge in [0.15, 0.2) is 0 Å². The molecule has 1 heterocycles. The maximum atomic E-state index is 9.86. The van der Waals surface area contributed by atoms with Gasteiger partial charge in [-0.05, 0) is 18.2 Å². The molecule has 0 bridgehead atoms. The minimum Gasteiger partial charge on any atom is -0.378 e. The molecule has 0 spiro atoms. The second-order valence-corrected chi connectivity index (χ2v) is 1.47. The standard InChI is InChI=1S/C7H15NO/c1-5-3-6(2)7(9)8-4-5/h5-9H,3-4H2,1-2H3/i1D3,2D3,3D2,4D2,5D,6D,7D. The van der Waals surface area contributed by atoms with Gasteiger partial charge in [-0.1, -0.05) is 13.7 Å². The molecule has 2 nitrogen and oxygen atoms in total. The van der Waals surface area contributed by atoms with Gasteiger partial charge in [-0.3, -0.25) is 5.32 Å². The van der Waals surface area contributed by atoms with Crippen LogP contribution in [0.2, 0.25) is 0 Å². The van der Waals surface area contributed by atoms with E-state index < -0.39 is 44.6 Å². The van der Waals surface area contributed by atoms with Crippen molar-refractivity contribution in [3.05, 3.63) is 0 Å². The van der Waals surface area contributed by atoms with Crippen LogP contribution in [0.1, 0.15) is 37.9 Å². The molecule has 0 amide bonds. The first-order valence-electron chi connectivity index (χ1n) is 8.72. The Morgan fingerprint density at radius 2 is 2.78 bits per heavy atom. The lowest BCUT2D eigenvalue weighted by Crippen LogP contribution is -2.43. The summed E-state index contributed by atoms with van der Waals surface area (Å²) in [5.41, 5.74) is 0. The highest BCUT2D eigenvalue weighted by Crippen LogP contribution is 2.17. The lowest BCUT2D eigenvalue weighted by Gasteiger charge is -2.29. The van der Waals surface area contributed by atoms with Gasteiger partial charge in [0.1, 0.15) is 6.20 Å². The van der Waals surface area contributed by atoms with Crippen molar-refractivity contribution in [3.8, 4) is 0 Å². The SMILES string of the molecule is [2H]C([2H])([2H])C1([2H])C([2H])([2H])NC([2H])(O)C([2H])(C([2H])([2H])[2H])C1([2H])[2H]. The van der Waals surface area contributed by atoms with E-state index in [1.807, 2.05) is 0 Å². The first-order valence-corrected chi connectivity index (χ1v) is 2.22. The lowest BCUT2D eigenvalue weighted by atomic mass is 9.92. The maximum absolute atomic E-state index is 9.86. The zero-order valence-corrected chi connectivity index (χ0v) is 4.45. The van der Waals surface area contributed by atoms with Crippen LogP contribution < -0.4 is 5.32 Å². The summed E-state index contributed by atoms with van der Waals surface area (Å²) < 4.78 is 97.3. The van der Waals surface area contributed by atoms with Gasteiger partial charge in [-0.15, -0.1) is 0 Å². The second-order valence-electron chi connectivity index (χ2n) is 1.47. The van der Waals surface area contributed by atoms with Gasteiger partial charge >= 0.3 is 0 Å². The highest BCUT2D eigenvalue weighted by atomic mass is 16.3. The minimum absolute atomic E-state index is 1.30. The highest BCUT2D eigenvalue weighted by Gasteiger charge is 2.21. The fourth-order valence-corrected chi connectivity index (χ4v) is 0.400. The van der Waals surface area contributed by atoms with E-state index in [1.165, 1.54) is 5.32 Å². The molecule has 2 N–H and O–H groups in total. The van der Waals surface area contributed by atoms with Gasteiger partial charge in [-0.25, -0.2) is 0 Å². The predicted octanol–water partition coefficient (Wildman–Crippen LogP) is 0.570. The molecule has 0 aromatic heterocycles. The van der Waals surface area contributed by atoms with E-state index in [9.17, 15) is 5.11 Å². The average molecular weight is 142 g/mol. The van der Waals surface area contributed by atoms with E-state index >= 15 is 0 Å². The zero-order valence-electron chi connectivity index (χ0n) is 17.4. The summed E-state index contributed by atoms with van der Waals surface area (Å²) >= 11 is 0. The van der Waals surface area contributed by atoms with Gasteiger partial charge in [-0.2, -0.15) is 0 Å². The van der Waals surface area contributed by atoms with E-state index in [4.69, 9.17) is 17.8 Å². The van der Waals surface area contributed by atoms with Gasteiger partial charge < -0.3 is 5.11 Å². The molecule has 9 heavy (non-hydrogen) atoms. The molecular formula is C7H15NO. The summed E-state index contributed by atoms with van der Waals surface area (Å²) in [7, 11) is 0. The van der Waals surface area contributed by atoms with E-state index in [2.05, 4.69) is 0 Å². The van der Waals surface area contributed by atoms with Crippen molar-refractivity contribution in [2.75, 3.05) is 6.50 Å². The number of nitrogens with one attached hydrogen (secondary N) is 1. The topological polar surface area (TPSA) is 32.3 Å². The quantitative estimate of drug-likeness (QED) is 0.518. The van der Waals surface area contributed by atoms with Crippen molar-refractivity contribution in [2.24, 2.45) is 11.8 Å². The second kappa shape index (κ2) is 2.67. The molecule has 0 aromatic rings.